The Labute approximate surface area is 140 Å². The van der Waals surface area contributed by atoms with Gasteiger partial charge in [-0.25, -0.2) is 0 Å². The van der Waals surface area contributed by atoms with Crippen molar-refractivity contribution in [3.63, 3.8) is 0 Å². The van der Waals surface area contributed by atoms with E-state index in [4.69, 9.17) is 5.10 Å². The Morgan fingerprint density at radius 2 is 1.96 bits per heavy atom. The maximum absolute atomic E-state index is 4.80. The zero-order valence-corrected chi connectivity index (χ0v) is 14.6. The minimum Gasteiger partial charge on any atom is -0.312 e. The van der Waals surface area contributed by atoms with Crippen LogP contribution in [0, 0.1) is 5.92 Å². The van der Waals surface area contributed by atoms with Crippen molar-refractivity contribution in [1.82, 2.24) is 20.0 Å². The molecule has 1 atom stereocenters. The molecule has 1 N–H and O–H groups in total. The highest BCUT2D eigenvalue weighted by molar-refractivity contribution is 5.21. The van der Waals surface area contributed by atoms with Crippen molar-refractivity contribution in [2.24, 2.45) is 13.0 Å². The third-order valence-electron chi connectivity index (χ3n) is 6.06. The van der Waals surface area contributed by atoms with Crippen molar-refractivity contribution in [3.8, 4) is 0 Å². The SMILES string of the molecule is Cn1cc(CNC[C@@H]2CCN(C3CC3)C2)c(C2CCCCC2)n1. The van der Waals surface area contributed by atoms with Gasteiger partial charge in [0.1, 0.15) is 0 Å². The number of hydrogen-bond donors (Lipinski definition) is 1. The van der Waals surface area contributed by atoms with Gasteiger partial charge >= 0.3 is 0 Å². The second-order valence-corrected chi connectivity index (χ2v) is 8.06. The second kappa shape index (κ2) is 6.94. The molecule has 4 nitrogen and oxygen atoms in total. The fourth-order valence-corrected chi connectivity index (χ4v) is 4.62. The van der Waals surface area contributed by atoms with Crippen LogP contribution in [0.4, 0.5) is 0 Å². The number of hydrogen-bond acceptors (Lipinski definition) is 3. The van der Waals surface area contributed by atoms with Gasteiger partial charge in [0.15, 0.2) is 0 Å². The number of aryl methyl sites for hydroxylation is 1. The normalized spacial score (nSPS) is 26.9. The van der Waals surface area contributed by atoms with Crippen molar-refractivity contribution in [2.45, 2.75) is 69.9 Å². The van der Waals surface area contributed by atoms with Crippen LogP contribution in [0.2, 0.25) is 0 Å². The maximum atomic E-state index is 4.80. The van der Waals surface area contributed by atoms with Crippen LogP contribution in [0.1, 0.15) is 68.5 Å². The summed E-state index contributed by atoms with van der Waals surface area (Å²) in [6.45, 7) is 4.82. The van der Waals surface area contributed by atoms with Crippen LogP contribution in [-0.2, 0) is 13.6 Å². The molecule has 1 aromatic rings. The summed E-state index contributed by atoms with van der Waals surface area (Å²) < 4.78 is 2.02. The van der Waals surface area contributed by atoms with Gasteiger partial charge in [0.2, 0.25) is 0 Å². The van der Waals surface area contributed by atoms with Crippen LogP contribution in [-0.4, -0.2) is 40.4 Å². The van der Waals surface area contributed by atoms with Crippen molar-refractivity contribution in [2.75, 3.05) is 19.6 Å². The van der Waals surface area contributed by atoms with E-state index >= 15 is 0 Å². The highest BCUT2D eigenvalue weighted by Crippen LogP contribution is 2.34. The fourth-order valence-electron chi connectivity index (χ4n) is 4.62. The topological polar surface area (TPSA) is 33.1 Å². The van der Waals surface area contributed by atoms with Crippen LogP contribution in [0.5, 0.6) is 0 Å². The molecule has 0 amide bonds. The van der Waals surface area contributed by atoms with Crippen LogP contribution in [0.15, 0.2) is 6.20 Å². The van der Waals surface area contributed by atoms with E-state index in [0.717, 1.165) is 18.5 Å². The van der Waals surface area contributed by atoms with Crippen LogP contribution >= 0.6 is 0 Å². The molecular weight excluding hydrogens is 284 g/mol. The van der Waals surface area contributed by atoms with Crippen molar-refractivity contribution >= 4 is 0 Å². The lowest BCUT2D eigenvalue weighted by atomic mass is 9.85. The lowest BCUT2D eigenvalue weighted by molar-refractivity contribution is 0.311. The Kier molecular flexibility index (Phi) is 4.72. The van der Waals surface area contributed by atoms with E-state index in [-0.39, 0.29) is 0 Å². The number of likely N-dealkylation sites (tertiary alicyclic amines) is 1. The molecule has 1 aliphatic heterocycles. The van der Waals surface area contributed by atoms with E-state index in [1.165, 1.54) is 82.3 Å². The average molecular weight is 316 g/mol. The molecule has 1 saturated heterocycles. The van der Waals surface area contributed by atoms with Gasteiger partial charge in [-0.15, -0.1) is 0 Å². The fraction of sp³-hybridized carbons (Fsp3) is 0.842. The number of nitrogens with zero attached hydrogens (tertiary/aromatic N) is 3. The van der Waals surface area contributed by atoms with Crippen LogP contribution in [0.3, 0.4) is 0 Å². The van der Waals surface area contributed by atoms with Crippen molar-refractivity contribution < 1.29 is 0 Å². The average Bonchev–Trinajstić information content (AvgIpc) is 3.20. The van der Waals surface area contributed by atoms with Gasteiger partial charge in [-0.05, 0) is 51.1 Å². The van der Waals surface area contributed by atoms with Crippen molar-refractivity contribution in [1.29, 1.82) is 0 Å². The first-order chi connectivity index (χ1) is 11.3. The highest BCUT2D eigenvalue weighted by atomic mass is 15.3. The molecule has 0 aromatic carbocycles. The maximum Gasteiger partial charge on any atom is 0.0700 e. The van der Waals surface area contributed by atoms with Crippen LogP contribution in [0.25, 0.3) is 0 Å². The molecule has 23 heavy (non-hydrogen) atoms. The third kappa shape index (κ3) is 3.80. The molecule has 0 spiro atoms. The van der Waals surface area contributed by atoms with E-state index in [0.29, 0.717) is 5.92 Å². The summed E-state index contributed by atoms with van der Waals surface area (Å²) in [7, 11) is 2.07. The molecule has 2 heterocycles. The van der Waals surface area contributed by atoms with Gasteiger partial charge in [-0.1, -0.05) is 19.3 Å². The summed E-state index contributed by atoms with van der Waals surface area (Å²) in [6.07, 6.45) is 13.4. The van der Waals surface area contributed by atoms with Gasteiger partial charge in [0.05, 0.1) is 5.69 Å². The quantitative estimate of drug-likeness (QED) is 0.876. The molecule has 0 bridgehead atoms. The first-order valence-corrected chi connectivity index (χ1v) is 9.77. The Morgan fingerprint density at radius 1 is 1.13 bits per heavy atom. The standard InChI is InChI=1S/C19H32N4/c1-22-14-17(19(21-22)16-5-3-2-4-6-16)12-20-11-15-9-10-23(13-15)18-7-8-18/h14-16,18,20H,2-13H2,1H3/t15-/m0/s1. The van der Waals surface area contributed by atoms with Crippen LogP contribution < -0.4 is 5.32 Å². The Morgan fingerprint density at radius 3 is 2.74 bits per heavy atom. The number of nitrogens with one attached hydrogen (secondary N) is 1. The zero-order valence-electron chi connectivity index (χ0n) is 14.6. The van der Waals surface area contributed by atoms with E-state index in [1.54, 1.807) is 0 Å². The van der Waals surface area contributed by atoms with Gasteiger partial charge < -0.3 is 10.2 Å². The van der Waals surface area contributed by atoms with E-state index in [9.17, 15) is 0 Å². The predicted octanol–water partition coefficient (Wildman–Crippen LogP) is 3.04. The largest absolute Gasteiger partial charge is 0.312 e. The Bertz CT molecular complexity index is 513. The monoisotopic (exact) mass is 316 g/mol. The first-order valence-electron chi connectivity index (χ1n) is 9.77. The van der Waals surface area contributed by atoms with Crippen molar-refractivity contribution in [3.05, 3.63) is 17.5 Å². The summed E-state index contributed by atoms with van der Waals surface area (Å²) in [4.78, 5) is 2.71. The van der Waals surface area contributed by atoms with Gasteiger partial charge in [-0.2, -0.15) is 5.10 Å². The van der Waals surface area contributed by atoms with Gasteiger partial charge in [-0.3, -0.25) is 4.68 Å². The summed E-state index contributed by atoms with van der Waals surface area (Å²) in [5, 5.41) is 8.53. The zero-order chi connectivity index (χ0) is 15.6. The lowest BCUT2D eigenvalue weighted by Crippen LogP contribution is -2.27. The summed E-state index contributed by atoms with van der Waals surface area (Å²) in [6, 6.07) is 0.941. The molecule has 2 saturated carbocycles. The molecule has 0 unspecified atom stereocenters. The minimum atomic E-state index is 0.707. The number of rotatable bonds is 6. The summed E-state index contributed by atoms with van der Waals surface area (Å²) in [5.41, 5.74) is 2.82. The molecule has 1 aromatic heterocycles. The first kappa shape index (κ1) is 15.6. The van der Waals surface area contributed by atoms with E-state index in [1.807, 2.05) is 4.68 Å². The molecule has 0 radical (unpaired) electrons. The van der Waals surface area contributed by atoms with E-state index in [2.05, 4.69) is 23.5 Å². The molecular formula is C19H32N4. The highest BCUT2D eigenvalue weighted by Gasteiger charge is 2.34. The summed E-state index contributed by atoms with van der Waals surface area (Å²) >= 11 is 0. The molecule has 3 aliphatic rings. The van der Waals surface area contributed by atoms with E-state index < -0.39 is 0 Å². The minimum absolute atomic E-state index is 0.707. The molecule has 3 fully saturated rings. The molecule has 4 rings (SSSR count). The molecule has 2 aliphatic carbocycles. The molecule has 128 valence electrons. The molecule has 4 heteroatoms. The van der Waals surface area contributed by atoms with Gasteiger partial charge in [0, 0.05) is 43.9 Å². The Hall–Kier alpha value is -0.870. The summed E-state index contributed by atoms with van der Waals surface area (Å²) in [5.74, 6) is 1.56. The predicted molar refractivity (Wildman–Crippen MR) is 93.4 cm³/mol. The third-order valence-corrected chi connectivity index (χ3v) is 6.06. The number of aromatic nitrogens is 2. The second-order valence-electron chi connectivity index (χ2n) is 8.06. The smallest absolute Gasteiger partial charge is 0.0700 e. The Balaban J connectivity index is 1.28. The lowest BCUT2D eigenvalue weighted by Gasteiger charge is -2.21. The van der Waals surface area contributed by atoms with Gasteiger partial charge in [0.25, 0.3) is 0 Å².